The van der Waals surface area contributed by atoms with Gasteiger partial charge in [-0.05, 0) is 13.0 Å². The van der Waals surface area contributed by atoms with Gasteiger partial charge in [0.1, 0.15) is 11.0 Å². The van der Waals surface area contributed by atoms with Crippen LogP contribution in [0.3, 0.4) is 0 Å². The number of thiazole rings is 1. The number of ether oxygens (including phenoxy) is 1. The summed E-state index contributed by atoms with van der Waals surface area (Å²) in [7, 11) is 0. The maximum atomic E-state index is 12.4. The van der Waals surface area contributed by atoms with E-state index >= 15 is 0 Å². The number of esters is 1. The number of nitrogens with one attached hydrogen (secondary N) is 1. The van der Waals surface area contributed by atoms with E-state index in [4.69, 9.17) is 4.74 Å². The van der Waals surface area contributed by atoms with E-state index in [1.165, 1.54) is 0 Å². The van der Waals surface area contributed by atoms with Gasteiger partial charge in [-0.2, -0.15) is 0 Å². The molecule has 0 saturated heterocycles. The summed E-state index contributed by atoms with van der Waals surface area (Å²) in [4.78, 5) is 39.0. The predicted octanol–water partition coefficient (Wildman–Crippen LogP) is 1.97. The highest BCUT2D eigenvalue weighted by Crippen LogP contribution is 2.53. The number of carbonyl (C=O) groups is 2. The number of fused-ring (bicyclic) bond motifs is 5. The fourth-order valence-electron chi connectivity index (χ4n) is 3.14. The molecule has 2 aliphatic rings. The van der Waals surface area contributed by atoms with Crippen LogP contribution in [0.25, 0.3) is 0 Å². The van der Waals surface area contributed by atoms with Crippen molar-refractivity contribution < 1.29 is 19.4 Å². The molecule has 0 unspecified atom stereocenters. The zero-order valence-electron chi connectivity index (χ0n) is 11.9. The van der Waals surface area contributed by atoms with Crippen LogP contribution in [0.2, 0.25) is 0 Å². The molecule has 3 atom stereocenters. The Hall–Kier alpha value is -2.06. The quantitative estimate of drug-likeness (QED) is 0.604. The van der Waals surface area contributed by atoms with Gasteiger partial charge in [-0.15, -0.1) is 0 Å². The van der Waals surface area contributed by atoms with E-state index in [1.54, 1.807) is 6.07 Å². The second-order valence-corrected chi connectivity index (χ2v) is 7.72. The van der Waals surface area contributed by atoms with Gasteiger partial charge >= 0.3 is 16.8 Å². The summed E-state index contributed by atoms with van der Waals surface area (Å²) in [5.74, 6) is -2.52. The van der Waals surface area contributed by atoms with Crippen LogP contribution in [0, 0.1) is 12.8 Å². The van der Waals surface area contributed by atoms with Crippen molar-refractivity contribution in [2.45, 2.75) is 23.1 Å². The van der Waals surface area contributed by atoms with Crippen LogP contribution in [-0.4, -0.2) is 27.3 Å². The van der Waals surface area contributed by atoms with Crippen LogP contribution in [0.15, 0.2) is 28.0 Å². The number of carboxylic acid groups (broad SMARTS) is 1. The predicted molar refractivity (Wildman–Crippen MR) is 84.4 cm³/mol. The first-order valence-electron chi connectivity index (χ1n) is 6.90. The molecule has 2 aliphatic heterocycles. The van der Waals surface area contributed by atoms with Gasteiger partial charge in [0.2, 0.25) is 0 Å². The molecule has 2 N–H and O–H groups in total. The smallest absolute Gasteiger partial charge is 0.317 e. The summed E-state index contributed by atoms with van der Waals surface area (Å²) in [6, 6.07) is 5.44. The van der Waals surface area contributed by atoms with Crippen molar-refractivity contribution in [3.63, 3.8) is 0 Å². The number of hydrogen-bond donors (Lipinski definition) is 2. The number of carboxylic acids is 1. The lowest BCUT2D eigenvalue weighted by Gasteiger charge is -2.37. The zero-order chi connectivity index (χ0) is 16.3. The lowest BCUT2D eigenvalue weighted by molar-refractivity contribution is -0.147. The number of H-pyrrole nitrogens is 1. The summed E-state index contributed by atoms with van der Waals surface area (Å²) in [5, 5.41) is 9.06. The van der Waals surface area contributed by atoms with E-state index in [0.29, 0.717) is 15.7 Å². The normalized spacial score (nSPS) is 25.1. The Morgan fingerprint density at radius 1 is 1.35 bits per heavy atom. The highest BCUT2D eigenvalue weighted by Gasteiger charge is 2.51. The zero-order valence-corrected chi connectivity index (χ0v) is 13.5. The number of aliphatic carboxylic acids is 1. The van der Waals surface area contributed by atoms with E-state index in [-0.39, 0.29) is 4.87 Å². The number of carbonyl (C=O) groups excluding carboxylic acids is 1. The number of aromatic nitrogens is 1. The molecule has 1 aromatic carbocycles. The molecule has 23 heavy (non-hydrogen) atoms. The molecule has 0 radical (unpaired) electrons. The minimum Gasteiger partial charge on any atom is -0.480 e. The number of hydrogen-bond acceptors (Lipinski definition) is 6. The average Bonchev–Trinajstić information content (AvgIpc) is 2.86. The Morgan fingerprint density at radius 2 is 2.13 bits per heavy atom. The molecule has 0 aliphatic carbocycles. The van der Waals surface area contributed by atoms with Crippen LogP contribution in [0.5, 0.6) is 5.75 Å². The molecule has 0 amide bonds. The van der Waals surface area contributed by atoms with Gasteiger partial charge in [-0.1, -0.05) is 40.8 Å². The summed E-state index contributed by atoms with van der Waals surface area (Å²) < 4.78 is 5.36. The maximum Gasteiger partial charge on any atom is 0.317 e. The Labute approximate surface area is 138 Å². The molecular weight excluding hydrogens is 338 g/mol. The Kier molecular flexibility index (Phi) is 3.14. The maximum absolute atomic E-state index is 12.4. The molecule has 2 aromatic rings. The second-order valence-electron chi connectivity index (χ2n) is 5.55. The first-order valence-corrected chi connectivity index (χ1v) is 8.60. The van der Waals surface area contributed by atoms with E-state index < -0.39 is 29.0 Å². The van der Waals surface area contributed by atoms with Gasteiger partial charge in [0.05, 0.1) is 10.9 Å². The van der Waals surface area contributed by atoms with Gasteiger partial charge in [0.25, 0.3) is 0 Å². The standard InChI is InChI=1S/C15H11NO5S2/c1-5-2-3-7-6(4-5)8-9(14(19)21-7)11(13(17)18)22-12-10(8)23-15(20)16-12/h2-4,8-9,11H,1H3,(H,16,20)(H,17,18)/t8-,9+,11-/m0/s1. The minimum atomic E-state index is -1.09. The van der Waals surface area contributed by atoms with E-state index in [9.17, 15) is 19.5 Å². The van der Waals surface area contributed by atoms with Crippen LogP contribution < -0.4 is 9.61 Å². The summed E-state index contributed by atoms with van der Waals surface area (Å²) in [6.07, 6.45) is 0. The second kappa shape index (κ2) is 4.97. The number of aryl methyl sites for hydroxylation is 1. The minimum absolute atomic E-state index is 0.250. The van der Waals surface area contributed by atoms with Gasteiger partial charge < -0.3 is 14.8 Å². The number of thioether (sulfide) groups is 1. The van der Waals surface area contributed by atoms with E-state index in [2.05, 4.69) is 4.98 Å². The van der Waals surface area contributed by atoms with Crippen molar-refractivity contribution >= 4 is 35.0 Å². The van der Waals surface area contributed by atoms with Crippen molar-refractivity contribution in [1.29, 1.82) is 0 Å². The van der Waals surface area contributed by atoms with E-state index in [1.807, 2.05) is 19.1 Å². The van der Waals surface area contributed by atoms with Crippen molar-refractivity contribution in [2.75, 3.05) is 0 Å². The molecular formula is C15H11NO5S2. The van der Waals surface area contributed by atoms with Gasteiger partial charge in [0, 0.05) is 16.4 Å². The molecule has 3 heterocycles. The summed E-state index contributed by atoms with van der Waals surface area (Å²) in [5.41, 5.74) is 1.74. The fourth-order valence-corrected chi connectivity index (χ4v) is 5.53. The Bertz CT molecular complexity index is 900. The molecule has 6 nitrogen and oxygen atoms in total. The topological polar surface area (TPSA) is 96.5 Å². The van der Waals surface area contributed by atoms with Crippen molar-refractivity contribution in [3.8, 4) is 5.75 Å². The van der Waals surface area contributed by atoms with Crippen LogP contribution in [0.1, 0.15) is 21.9 Å². The number of aromatic amines is 1. The van der Waals surface area contributed by atoms with Crippen molar-refractivity contribution in [2.24, 2.45) is 5.92 Å². The molecule has 4 rings (SSSR count). The summed E-state index contributed by atoms with van der Waals surface area (Å²) in [6.45, 7) is 1.92. The Morgan fingerprint density at radius 3 is 2.87 bits per heavy atom. The first kappa shape index (κ1) is 14.5. The SMILES string of the molecule is Cc1ccc2c(c1)[C@@H]1c3sc(=O)[nH]c3S[C@H](C(=O)O)[C@@H]1C(=O)O2. The molecule has 0 fully saturated rings. The Balaban J connectivity index is 2.00. The molecule has 0 bridgehead atoms. The molecule has 1 aromatic heterocycles. The largest absolute Gasteiger partial charge is 0.480 e. The third-order valence-corrected chi connectivity index (χ3v) is 6.48. The number of benzene rings is 1. The van der Waals surface area contributed by atoms with Crippen molar-refractivity contribution in [3.05, 3.63) is 43.9 Å². The lowest BCUT2D eigenvalue weighted by atomic mass is 9.79. The third-order valence-electron chi connectivity index (χ3n) is 4.08. The average molecular weight is 349 g/mol. The molecule has 118 valence electrons. The van der Waals surface area contributed by atoms with Crippen LogP contribution >= 0.6 is 23.1 Å². The summed E-state index contributed by atoms with van der Waals surface area (Å²) >= 11 is 2.04. The van der Waals surface area contributed by atoms with Gasteiger partial charge in [0.15, 0.2) is 0 Å². The highest BCUT2D eigenvalue weighted by molar-refractivity contribution is 8.00. The monoisotopic (exact) mass is 349 g/mol. The lowest BCUT2D eigenvalue weighted by Crippen LogP contribution is -2.44. The van der Waals surface area contributed by atoms with Gasteiger partial charge in [-0.25, -0.2) is 0 Å². The third kappa shape index (κ3) is 2.13. The van der Waals surface area contributed by atoms with Crippen molar-refractivity contribution in [1.82, 2.24) is 4.98 Å². The molecule has 8 heteroatoms. The molecule has 0 saturated carbocycles. The first-order chi connectivity index (χ1) is 11.0. The van der Waals surface area contributed by atoms with E-state index in [0.717, 1.165) is 34.2 Å². The van der Waals surface area contributed by atoms with Crippen LogP contribution in [0.4, 0.5) is 0 Å². The molecule has 0 spiro atoms. The van der Waals surface area contributed by atoms with Gasteiger partial charge in [-0.3, -0.25) is 14.4 Å². The van der Waals surface area contributed by atoms with Crippen LogP contribution in [-0.2, 0) is 9.59 Å². The fraction of sp³-hybridized carbons (Fsp3) is 0.267. The highest BCUT2D eigenvalue weighted by atomic mass is 32.2. The number of rotatable bonds is 1.